The van der Waals surface area contributed by atoms with E-state index in [-0.39, 0.29) is 4.90 Å². The van der Waals surface area contributed by atoms with E-state index in [0.717, 1.165) is 16.7 Å². The maximum atomic E-state index is 12.3. The molecule has 0 aliphatic rings. The van der Waals surface area contributed by atoms with Crippen LogP contribution in [0.5, 0.6) is 5.75 Å². The maximum absolute atomic E-state index is 12.3. The molecule has 0 radical (unpaired) electrons. The molecule has 0 aliphatic carbocycles. The molecule has 5 nitrogen and oxygen atoms in total. The van der Waals surface area contributed by atoms with Crippen LogP contribution in [0.1, 0.15) is 23.6 Å². The van der Waals surface area contributed by atoms with Crippen LogP contribution in [0.2, 0.25) is 5.02 Å². The Morgan fingerprint density at radius 1 is 0.966 bits per heavy atom. The molecule has 3 aromatic carbocycles. The van der Waals surface area contributed by atoms with Crippen LogP contribution in [-0.2, 0) is 16.6 Å². The number of nitrogens with one attached hydrogen (secondary N) is 1. The normalized spacial score (nSPS) is 11.9. The SMILES string of the molecule is C/C(=N/NS(=O)(=O)c1ccc(C)cc1)c1ccc(OCc2ccc(Cl)cc2)cc1. The molecular formula is C22H21ClN2O3S. The molecule has 0 atom stereocenters. The quantitative estimate of drug-likeness (QED) is 0.428. The van der Waals surface area contributed by atoms with Gasteiger partial charge in [-0.05, 0) is 73.5 Å². The van der Waals surface area contributed by atoms with Crippen LogP contribution in [0.4, 0.5) is 0 Å². The molecule has 29 heavy (non-hydrogen) atoms. The summed E-state index contributed by atoms with van der Waals surface area (Å²) in [6.45, 7) is 4.07. The first-order chi connectivity index (χ1) is 13.8. The largest absolute Gasteiger partial charge is 0.489 e. The molecule has 0 saturated heterocycles. The average molecular weight is 429 g/mol. The first-order valence-corrected chi connectivity index (χ1v) is 10.8. The lowest BCUT2D eigenvalue weighted by atomic mass is 10.1. The fraction of sp³-hybridized carbons (Fsp3) is 0.136. The average Bonchev–Trinajstić information content (AvgIpc) is 2.72. The smallest absolute Gasteiger partial charge is 0.276 e. The summed E-state index contributed by atoms with van der Waals surface area (Å²) in [6, 6.07) is 21.3. The molecular weight excluding hydrogens is 408 g/mol. The van der Waals surface area contributed by atoms with Gasteiger partial charge in [0.1, 0.15) is 12.4 Å². The highest BCUT2D eigenvalue weighted by molar-refractivity contribution is 7.89. The minimum atomic E-state index is -3.70. The second kappa shape index (κ2) is 9.11. The van der Waals surface area contributed by atoms with Gasteiger partial charge in [-0.3, -0.25) is 0 Å². The topological polar surface area (TPSA) is 67.8 Å². The first kappa shape index (κ1) is 20.9. The number of nitrogens with zero attached hydrogens (tertiary/aromatic N) is 1. The molecule has 0 saturated carbocycles. The fourth-order valence-electron chi connectivity index (χ4n) is 2.50. The van der Waals surface area contributed by atoms with Gasteiger partial charge in [-0.1, -0.05) is 41.4 Å². The highest BCUT2D eigenvalue weighted by atomic mass is 35.5. The lowest BCUT2D eigenvalue weighted by molar-refractivity contribution is 0.306. The molecule has 3 aromatic rings. The van der Waals surface area contributed by atoms with Gasteiger partial charge in [-0.15, -0.1) is 0 Å². The molecule has 150 valence electrons. The molecule has 0 bridgehead atoms. The summed E-state index contributed by atoms with van der Waals surface area (Å²) in [5.74, 6) is 0.705. The molecule has 0 heterocycles. The van der Waals surface area contributed by atoms with Crippen molar-refractivity contribution < 1.29 is 13.2 Å². The van der Waals surface area contributed by atoms with E-state index >= 15 is 0 Å². The van der Waals surface area contributed by atoms with Crippen LogP contribution in [0, 0.1) is 6.92 Å². The zero-order valence-corrected chi connectivity index (χ0v) is 17.7. The summed E-state index contributed by atoms with van der Waals surface area (Å²) in [7, 11) is -3.70. The Labute approximate surface area is 176 Å². The van der Waals surface area contributed by atoms with Crippen molar-refractivity contribution in [3.05, 3.63) is 94.5 Å². The highest BCUT2D eigenvalue weighted by Gasteiger charge is 2.12. The standard InChI is InChI=1S/C22H21ClN2O3S/c1-16-3-13-22(14-4-16)29(26,27)25-24-17(2)19-7-11-21(12-8-19)28-15-18-5-9-20(23)10-6-18/h3-14,25H,15H2,1-2H3/b24-17-. The minimum Gasteiger partial charge on any atom is -0.489 e. The monoisotopic (exact) mass is 428 g/mol. The summed E-state index contributed by atoms with van der Waals surface area (Å²) in [4.78, 5) is 2.45. The Morgan fingerprint density at radius 2 is 1.59 bits per heavy atom. The molecule has 0 amide bonds. The van der Waals surface area contributed by atoms with Crippen LogP contribution >= 0.6 is 11.6 Å². The van der Waals surface area contributed by atoms with Crippen LogP contribution in [-0.4, -0.2) is 14.1 Å². The number of hydrazone groups is 1. The van der Waals surface area contributed by atoms with Gasteiger partial charge in [0.2, 0.25) is 0 Å². The maximum Gasteiger partial charge on any atom is 0.276 e. The van der Waals surface area contributed by atoms with Gasteiger partial charge in [-0.2, -0.15) is 18.4 Å². The number of halogens is 1. The molecule has 0 aromatic heterocycles. The number of hydrogen-bond acceptors (Lipinski definition) is 4. The number of aryl methyl sites for hydroxylation is 1. The van der Waals surface area contributed by atoms with E-state index in [1.54, 1.807) is 31.2 Å². The number of ether oxygens (including phenoxy) is 1. The van der Waals surface area contributed by atoms with Gasteiger partial charge in [0.05, 0.1) is 10.6 Å². The molecule has 0 fully saturated rings. The summed E-state index contributed by atoms with van der Waals surface area (Å²) < 4.78 is 30.4. The van der Waals surface area contributed by atoms with Crippen molar-refractivity contribution in [1.29, 1.82) is 0 Å². The minimum absolute atomic E-state index is 0.172. The molecule has 0 spiro atoms. The van der Waals surface area contributed by atoms with Crippen molar-refractivity contribution in [2.75, 3.05) is 0 Å². The van der Waals surface area contributed by atoms with Gasteiger partial charge in [-0.25, -0.2) is 0 Å². The van der Waals surface area contributed by atoms with Gasteiger partial charge in [0.15, 0.2) is 0 Å². The first-order valence-electron chi connectivity index (χ1n) is 8.94. The van der Waals surface area contributed by atoms with Crippen LogP contribution in [0.25, 0.3) is 0 Å². The predicted molar refractivity (Wildman–Crippen MR) is 116 cm³/mol. The van der Waals surface area contributed by atoms with Gasteiger partial charge < -0.3 is 4.74 Å². The van der Waals surface area contributed by atoms with Crippen molar-refractivity contribution in [1.82, 2.24) is 4.83 Å². The Morgan fingerprint density at radius 3 is 2.21 bits per heavy atom. The van der Waals surface area contributed by atoms with E-state index in [1.165, 1.54) is 0 Å². The molecule has 3 rings (SSSR count). The van der Waals surface area contributed by atoms with Gasteiger partial charge in [0, 0.05) is 5.02 Å². The third-order valence-electron chi connectivity index (χ3n) is 4.26. The Balaban J connectivity index is 1.62. The summed E-state index contributed by atoms with van der Waals surface area (Å²) in [5.41, 5.74) is 3.34. The van der Waals surface area contributed by atoms with E-state index < -0.39 is 10.0 Å². The van der Waals surface area contributed by atoms with Crippen molar-refractivity contribution in [3.8, 4) is 5.75 Å². The Kier molecular flexibility index (Phi) is 6.56. The molecule has 0 unspecified atom stereocenters. The van der Waals surface area contributed by atoms with Gasteiger partial charge in [0.25, 0.3) is 10.0 Å². The summed E-state index contributed by atoms with van der Waals surface area (Å²) >= 11 is 5.88. The van der Waals surface area contributed by atoms with Gasteiger partial charge >= 0.3 is 0 Å². The van der Waals surface area contributed by atoms with Crippen molar-refractivity contribution >= 4 is 27.3 Å². The number of sulfonamides is 1. The van der Waals surface area contributed by atoms with Crippen LogP contribution in [0.3, 0.4) is 0 Å². The number of rotatable bonds is 7. The molecule has 0 aliphatic heterocycles. The predicted octanol–water partition coefficient (Wildman–Crippen LogP) is 4.93. The second-order valence-corrected chi connectivity index (χ2v) is 8.64. The van der Waals surface area contributed by atoms with Crippen LogP contribution < -0.4 is 9.57 Å². The lowest BCUT2D eigenvalue weighted by Gasteiger charge is -2.08. The third kappa shape index (κ3) is 5.82. The van der Waals surface area contributed by atoms with Crippen LogP contribution in [0.15, 0.2) is 82.8 Å². The fourth-order valence-corrected chi connectivity index (χ4v) is 3.49. The van der Waals surface area contributed by atoms with E-state index in [4.69, 9.17) is 16.3 Å². The highest BCUT2D eigenvalue weighted by Crippen LogP contribution is 2.16. The molecule has 1 N–H and O–H groups in total. The van der Waals surface area contributed by atoms with E-state index in [2.05, 4.69) is 9.93 Å². The number of benzene rings is 3. The zero-order chi connectivity index (χ0) is 20.9. The third-order valence-corrected chi connectivity index (χ3v) is 5.73. The van der Waals surface area contributed by atoms with Crippen molar-refractivity contribution in [3.63, 3.8) is 0 Å². The summed E-state index contributed by atoms with van der Waals surface area (Å²) in [5, 5.41) is 4.71. The summed E-state index contributed by atoms with van der Waals surface area (Å²) in [6.07, 6.45) is 0. The zero-order valence-electron chi connectivity index (χ0n) is 16.1. The Hall–Kier alpha value is -2.83. The van der Waals surface area contributed by atoms with Crippen molar-refractivity contribution in [2.45, 2.75) is 25.3 Å². The second-order valence-electron chi connectivity index (χ2n) is 6.54. The Bertz CT molecular complexity index is 1090. The van der Waals surface area contributed by atoms with E-state index in [0.29, 0.717) is 23.1 Å². The molecule has 7 heteroatoms. The van der Waals surface area contributed by atoms with Crippen molar-refractivity contribution in [2.24, 2.45) is 5.10 Å². The lowest BCUT2D eigenvalue weighted by Crippen LogP contribution is -2.19. The van der Waals surface area contributed by atoms with E-state index in [9.17, 15) is 8.42 Å². The number of hydrogen-bond donors (Lipinski definition) is 1. The van der Waals surface area contributed by atoms with E-state index in [1.807, 2.05) is 55.5 Å².